The van der Waals surface area contributed by atoms with Crippen LogP contribution in [0.1, 0.15) is 29.7 Å². The number of aliphatic hydroxyl groups is 1. The highest BCUT2D eigenvalue weighted by atomic mass is 16.5. The SMILES string of the molecule is C#CCOC[C@H](O)CN1CCN(Cc2nc(C(=O)NCCC)co2)CC1. The highest BCUT2D eigenvalue weighted by molar-refractivity contribution is 5.91. The molecule has 1 aliphatic rings. The third kappa shape index (κ3) is 6.77. The Morgan fingerprint density at radius 3 is 2.88 bits per heavy atom. The molecular formula is C18H28N4O4. The Kier molecular flexibility index (Phi) is 8.58. The molecule has 1 atom stereocenters. The van der Waals surface area contributed by atoms with Crippen LogP contribution in [0.15, 0.2) is 10.7 Å². The molecule has 1 aromatic heterocycles. The van der Waals surface area contributed by atoms with E-state index < -0.39 is 6.10 Å². The second-order valence-electron chi connectivity index (χ2n) is 6.33. The first-order valence-electron chi connectivity index (χ1n) is 8.99. The topological polar surface area (TPSA) is 91.1 Å². The zero-order chi connectivity index (χ0) is 18.8. The van der Waals surface area contributed by atoms with Crippen LogP contribution in [-0.2, 0) is 11.3 Å². The summed E-state index contributed by atoms with van der Waals surface area (Å²) in [5, 5.41) is 12.7. The molecule has 2 heterocycles. The van der Waals surface area contributed by atoms with Crippen molar-refractivity contribution in [2.24, 2.45) is 0 Å². The molecule has 0 spiro atoms. The number of terminal acetylenes is 1. The normalized spacial score (nSPS) is 17.0. The van der Waals surface area contributed by atoms with Gasteiger partial charge in [0, 0.05) is 39.3 Å². The van der Waals surface area contributed by atoms with Gasteiger partial charge in [-0.05, 0) is 6.42 Å². The number of nitrogens with zero attached hydrogens (tertiary/aromatic N) is 3. The van der Waals surface area contributed by atoms with Crippen molar-refractivity contribution in [1.29, 1.82) is 0 Å². The predicted octanol–water partition coefficient (Wildman–Crippen LogP) is -0.0573. The summed E-state index contributed by atoms with van der Waals surface area (Å²) in [5.74, 6) is 2.72. The molecule has 0 bridgehead atoms. The zero-order valence-electron chi connectivity index (χ0n) is 15.3. The minimum absolute atomic E-state index is 0.201. The van der Waals surface area contributed by atoms with Gasteiger partial charge in [0.2, 0.25) is 5.89 Å². The number of hydrogen-bond acceptors (Lipinski definition) is 7. The summed E-state index contributed by atoms with van der Waals surface area (Å²) in [4.78, 5) is 20.5. The molecule has 2 N–H and O–H groups in total. The number of β-amino-alcohol motifs (C(OH)–C–C–N with tert-alkyl or cyclic N) is 1. The van der Waals surface area contributed by atoms with E-state index in [9.17, 15) is 9.90 Å². The van der Waals surface area contributed by atoms with Crippen molar-refractivity contribution in [3.63, 3.8) is 0 Å². The molecule has 26 heavy (non-hydrogen) atoms. The van der Waals surface area contributed by atoms with Gasteiger partial charge in [0.15, 0.2) is 5.69 Å². The Morgan fingerprint density at radius 1 is 1.46 bits per heavy atom. The Balaban J connectivity index is 1.69. The molecule has 1 fully saturated rings. The van der Waals surface area contributed by atoms with E-state index in [1.165, 1.54) is 6.26 Å². The Labute approximate surface area is 154 Å². The standard InChI is InChI=1S/C18H28N4O4/c1-3-5-19-18(24)16-14-26-17(20-16)12-22-8-6-21(7-9-22)11-15(23)13-25-10-4-2/h2,14-15,23H,3,5-13H2,1H3,(H,19,24)/t15-/m1/s1. The molecule has 2 rings (SSSR count). The van der Waals surface area contributed by atoms with Gasteiger partial charge >= 0.3 is 0 Å². The van der Waals surface area contributed by atoms with Gasteiger partial charge in [0.1, 0.15) is 12.9 Å². The second kappa shape index (κ2) is 10.9. The van der Waals surface area contributed by atoms with Gasteiger partial charge in [-0.1, -0.05) is 12.8 Å². The van der Waals surface area contributed by atoms with Crippen molar-refractivity contribution in [1.82, 2.24) is 20.1 Å². The molecule has 0 saturated carbocycles. The average molecular weight is 364 g/mol. The molecule has 0 aliphatic carbocycles. The monoisotopic (exact) mass is 364 g/mol. The van der Waals surface area contributed by atoms with E-state index in [-0.39, 0.29) is 19.1 Å². The van der Waals surface area contributed by atoms with E-state index in [4.69, 9.17) is 15.6 Å². The van der Waals surface area contributed by atoms with E-state index >= 15 is 0 Å². The van der Waals surface area contributed by atoms with Gasteiger partial charge < -0.3 is 19.6 Å². The lowest BCUT2D eigenvalue weighted by Crippen LogP contribution is -2.48. The van der Waals surface area contributed by atoms with Crippen molar-refractivity contribution < 1.29 is 19.1 Å². The molecule has 0 unspecified atom stereocenters. The first kappa shape index (κ1) is 20.4. The molecule has 1 aliphatic heterocycles. The van der Waals surface area contributed by atoms with Gasteiger partial charge in [0.25, 0.3) is 5.91 Å². The van der Waals surface area contributed by atoms with Crippen molar-refractivity contribution in [3.05, 3.63) is 17.8 Å². The van der Waals surface area contributed by atoms with Crippen molar-refractivity contribution in [2.75, 3.05) is 52.5 Å². The number of carbonyl (C=O) groups excluding carboxylic acids is 1. The number of aliphatic hydroxyl groups excluding tert-OH is 1. The summed E-state index contributed by atoms with van der Waals surface area (Å²) in [6.07, 6.45) is 6.86. The third-order valence-corrected chi connectivity index (χ3v) is 4.11. The van der Waals surface area contributed by atoms with Crippen molar-refractivity contribution >= 4 is 5.91 Å². The van der Waals surface area contributed by atoms with Crippen LogP contribution in [0.25, 0.3) is 0 Å². The molecule has 1 aromatic rings. The van der Waals surface area contributed by atoms with Crippen LogP contribution < -0.4 is 5.32 Å². The number of ether oxygens (including phenoxy) is 1. The van der Waals surface area contributed by atoms with Crippen LogP contribution in [0.5, 0.6) is 0 Å². The fraction of sp³-hybridized carbons (Fsp3) is 0.667. The van der Waals surface area contributed by atoms with E-state index in [0.717, 1.165) is 32.6 Å². The minimum atomic E-state index is -0.536. The first-order valence-corrected chi connectivity index (χ1v) is 8.99. The molecule has 144 valence electrons. The van der Waals surface area contributed by atoms with Crippen LogP contribution in [0, 0.1) is 12.3 Å². The maximum absolute atomic E-state index is 11.9. The molecular weight excluding hydrogens is 336 g/mol. The van der Waals surface area contributed by atoms with Crippen LogP contribution in [0.4, 0.5) is 0 Å². The summed E-state index contributed by atoms with van der Waals surface area (Å²) >= 11 is 0. The van der Waals surface area contributed by atoms with Crippen molar-refractivity contribution in [2.45, 2.75) is 26.0 Å². The first-order chi connectivity index (χ1) is 12.6. The Hall–Kier alpha value is -1.92. The van der Waals surface area contributed by atoms with Gasteiger partial charge in [-0.25, -0.2) is 4.98 Å². The number of hydrogen-bond donors (Lipinski definition) is 2. The number of carbonyl (C=O) groups is 1. The van der Waals surface area contributed by atoms with Crippen LogP contribution in [0.2, 0.25) is 0 Å². The summed E-state index contributed by atoms with van der Waals surface area (Å²) in [6.45, 7) is 7.62. The number of nitrogens with one attached hydrogen (secondary N) is 1. The van der Waals surface area contributed by atoms with E-state index in [1.807, 2.05) is 6.92 Å². The van der Waals surface area contributed by atoms with E-state index in [1.54, 1.807) is 0 Å². The molecule has 0 aromatic carbocycles. The predicted molar refractivity (Wildman–Crippen MR) is 96.5 cm³/mol. The summed E-state index contributed by atoms with van der Waals surface area (Å²) in [6, 6.07) is 0. The average Bonchev–Trinajstić information content (AvgIpc) is 3.10. The number of piperazine rings is 1. The number of oxazole rings is 1. The van der Waals surface area contributed by atoms with Gasteiger partial charge in [-0.3, -0.25) is 14.6 Å². The summed E-state index contributed by atoms with van der Waals surface area (Å²) < 4.78 is 10.6. The fourth-order valence-corrected chi connectivity index (χ4v) is 2.74. The zero-order valence-corrected chi connectivity index (χ0v) is 15.3. The molecule has 0 radical (unpaired) electrons. The smallest absolute Gasteiger partial charge is 0.273 e. The van der Waals surface area contributed by atoms with Gasteiger partial charge in [-0.2, -0.15) is 0 Å². The quantitative estimate of drug-likeness (QED) is 0.444. The number of amides is 1. The number of aromatic nitrogens is 1. The molecule has 1 saturated heterocycles. The highest BCUT2D eigenvalue weighted by Crippen LogP contribution is 2.09. The Morgan fingerprint density at radius 2 is 2.19 bits per heavy atom. The minimum Gasteiger partial charge on any atom is -0.447 e. The summed E-state index contributed by atoms with van der Waals surface area (Å²) in [7, 11) is 0. The van der Waals surface area contributed by atoms with Gasteiger partial charge in [-0.15, -0.1) is 6.42 Å². The highest BCUT2D eigenvalue weighted by Gasteiger charge is 2.21. The van der Waals surface area contributed by atoms with Crippen molar-refractivity contribution in [3.8, 4) is 12.3 Å². The summed E-state index contributed by atoms with van der Waals surface area (Å²) in [5.41, 5.74) is 0.321. The lowest BCUT2D eigenvalue weighted by Gasteiger charge is -2.34. The maximum Gasteiger partial charge on any atom is 0.273 e. The Bertz CT molecular complexity index is 590. The second-order valence-corrected chi connectivity index (χ2v) is 6.33. The number of rotatable bonds is 10. The fourth-order valence-electron chi connectivity index (χ4n) is 2.74. The van der Waals surface area contributed by atoms with Crippen LogP contribution >= 0.6 is 0 Å². The maximum atomic E-state index is 11.9. The molecule has 8 heteroatoms. The molecule has 1 amide bonds. The van der Waals surface area contributed by atoms with E-state index in [0.29, 0.717) is 31.2 Å². The molecule has 8 nitrogen and oxygen atoms in total. The van der Waals surface area contributed by atoms with E-state index in [2.05, 4.69) is 26.0 Å². The van der Waals surface area contributed by atoms with Crippen LogP contribution in [-0.4, -0.2) is 84.4 Å². The largest absolute Gasteiger partial charge is 0.447 e. The van der Waals surface area contributed by atoms with Crippen LogP contribution in [0.3, 0.4) is 0 Å². The van der Waals surface area contributed by atoms with Gasteiger partial charge in [0.05, 0.1) is 19.3 Å². The third-order valence-electron chi connectivity index (χ3n) is 4.11. The lowest BCUT2D eigenvalue weighted by molar-refractivity contribution is 0.0146. The lowest BCUT2D eigenvalue weighted by atomic mass is 10.2.